The fourth-order valence-corrected chi connectivity index (χ4v) is 1.37. The van der Waals surface area contributed by atoms with E-state index < -0.39 is 0 Å². The molecule has 72 valence electrons. The molecule has 0 unspecified atom stereocenters. The van der Waals surface area contributed by atoms with Gasteiger partial charge in [-0.1, -0.05) is 36.4 Å². The Morgan fingerprint density at radius 1 is 1.69 bits per heavy atom. The molecule has 0 radical (unpaired) electrons. The van der Waals surface area contributed by atoms with Crippen LogP contribution in [0.2, 0.25) is 0 Å². The van der Waals surface area contributed by atoms with Gasteiger partial charge in [0.1, 0.15) is 0 Å². The van der Waals surface area contributed by atoms with Crippen molar-refractivity contribution < 1.29 is 0 Å². The second-order valence-electron chi connectivity index (χ2n) is 3.99. The first-order valence-corrected chi connectivity index (χ1v) is 5.41. The van der Waals surface area contributed by atoms with Crippen LogP contribution in [0.25, 0.3) is 6.20 Å². The van der Waals surface area contributed by atoms with Crippen LogP contribution in [-0.4, -0.2) is 15.1 Å². The van der Waals surface area contributed by atoms with Crippen molar-refractivity contribution in [3.8, 4) is 0 Å². The largest absolute Gasteiger partial charge is 0.249 e. The zero-order valence-electron chi connectivity index (χ0n) is 8.13. The van der Waals surface area contributed by atoms with Crippen LogP contribution in [0.15, 0.2) is 19.0 Å². The van der Waals surface area contributed by atoms with Crippen LogP contribution < -0.4 is 0 Å². The number of nitrogens with zero attached hydrogens (tertiary/aromatic N) is 2. The maximum absolute atomic E-state index is 4.14. The molecule has 1 heterocycles. The quantitative estimate of drug-likeness (QED) is 0.743. The van der Waals surface area contributed by atoms with E-state index in [4.69, 9.17) is 0 Å². The highest BCUT2D eigenvalue weighted by Crippen LogP contribution is 2.23. The predicted octanol–water partition coefficient (Wildman–Crippen LogP) is 2.95. The molecule has 0 aliphatic carbocycles. The molecule has 1 aromatic rings. The van der Waals surface area contributed by atoms with E-state index in [1.165, 1.54) is 5.56 Å². The van der Waals surface area contributed by atoms with E-state index in [-0.39, 0.29) is 5.41 Å². The number of rotatable bonds is 4. The molecule has 2 nitrogen and oxygen atoms in total. The highest BCUT2D eigenvalue weighted by atomic mass is 79.9. The number of aromatic nitrogens is 2. The molecule has 0 saturated heterocycles. The van der Waals surface area contributed by atoms with E-state index in [1.807, 2.05) is 12.4 Å². The Morgan fingerprint density at radius 3 is 2.85 bits per heavy atom. The van der Waals surface area contributed by atoms with Crippen LogP contribution in [-0.2, 0) is 6.42 Å². The summed E-state index contributed by atoms with van der Waals surface area (Å²) in [5.41, 5.74) is 1.54. The van der Waals surface area contributed by atoms with Gasteiger partial charge in [0.05, 0.1) is 6.20 Å². The van der Waals surface area contributed by atoms with Gasteiger partial charge in [0.25, 0.3) is 0 Å². The molecule has 0 atom stereocenters. The van der Waals surface area contributed by atoms with E-state index in [1.54, 1.807) is 10.9 Å². The number of hydrogen-bond acceptors (Lipinski definition) is 1. The Hall–Kier alpha value is -0.570. The minimum Gasteiger partial charge on any atom is -0.249 e. The lowest BCUT2D eigenvalue weighted by Gasteiger charge is -2.19. The van der Waals surface area contributed by atoms with E-state index in [0.717, 1.165) is 11.8 Å². The van der Waals surface area contributed by atoms with Crippen LogP contribution in [0.5, 0.6) is 0 Å². The standard InChI is InChI=1S/C10H15BrN2/c1-4-13-7-9(6-12-13)5-10(2,3)8-11/h4,6-7H,1,5,8H2,2-3H3. The first kappa shape index (κ1) is 10.5. The summed E-state index contributed by atoms with van der Waals surface area (Å²) in [6.07, 6.45) is 6.64. The zero-order chi connectivity index (χ0) is 9.90. The molecule has 3 heteroatoms. The third-order valence-electron chi connectivity index (χ3n) is 1.89. The van der Waals surface area contributed by atoms with Gasteiger partial charge in [-0.15, -0.1) is 0 Å². The van der Waals surface area contributed by atoms with E-state index >= 15 is 0 Å². The van der Waals surface area contributed by atoms with Crippen molar-refractivity contribution in [2.75, 3.05) is 5.33 Å². The maximum atomic E-state index is 4.14. The van der Waals surface area contributed by atoms with Crippen LogP contribution in [0.3, 0.4) is 0 Å². The zero-order valence-corrected chi connectivity index (χ0v) is 9.71. The Labute approximate surface area is 87.8 Å². The van der Waals surface area contributed by atoms with Gasteiger partial charge in [0.2, 0.25) is 0 Å². The molecule has 1 rings (SSSR count). The van der Waals surface area contributed by atoms with Crippen LogP contribution in [0.4, 0.5) is 0 Å². The average Bonchev–Trinajstić information content (AvgIpc) is 2.52. The molecule has 0 aliphatic heterocycles. The Balaban J connectivity index is 2.69. The van der Waals surface area contributed by atoms with Crippen molar-refractivity contribution in [3.05, 3.63) is 24.5 Å². The lowest BCUT2D eigenvalue weighted by molar-refractivity contribution is 0.425. The van der Waals surface area contributed by atoms with Crippen molar-refractivity contribution in [1.29, 1.82) is 0 Å². The summed E-state index contributed by atoms with van der Waals surface area (Å²) in [4.78, 5) is 0. The summed E-state index contributed by atoms with van der Waals surface area (Å²) < 4.78 is 1.74. The molecule has 13 heavy (non-hydrogen) atoms. The first-order valence-electron chi connectivity index (χ1n) is 4.29. The van der Waals surface area contributed by atoms with E-state index in [9.17, 15) is 0 Å². The molecule has 0 amide bonds. The second-order valence-corrected chi connectivity index (χ2v) is 4.55. The van der Waals surface area contributed by atoms with E-state index in [0.29, 0.717) is 0 Å². The van der Waals surface area contributed by atoms with Crippen molar-refractivity contribution in [3.63, 3.8) is 0 Å². The molecular formula is C10H15BrN2. The molecule has 0 aromatic carbocycles. The molecule has 0 spiro atoms. The average molecular weight is 243 g/mol. The van der Waals surface area contributed by atoms with Gasteiger partial charge in [-0.25, -0.2) is 4.68 Å². The van der Waals surface area contributed by atoms with Gasteiger partial charge in [0, 0.05) is 17.7 Å². The smallest absolute Gasteiger partial charge is 0.0526 e. The maximum Gasteiger partial charge on any atom is 0.0526 e. The molecular weight excluding hydrogens is 228 g/mol. The van der Waals surface area contributed by atoms with Crippen molar-refractivity contribution >= 4 is 22.1 Å². The van der Waals surface area contributed by atoms with Crippen LogP contribution >= 0.6 is 15.9 Å². The van der Waals surface area contributed by atoms with E-state index in [2.05, 4.69) is 41.5 Å². The number of halogens is 1. The highest BCUT2D eigenvalue weighted by Gasteiger charge is 2.17. The minimum atomic E-state index is 0.287. The van der Waals surface area contributed by atoms with Crippen molar-refractivity contribution in [2.45, 2.75) is 20.3 Å². The Kier molecular flexibility index (Phi) is 3.31. The predicted molar refractivity (Wildman–Crippen MR) is 59.9 cm³/mol. The fourth-order valence-electron chi connectivity index (χ4n) is 1.17. The second kappa shape index (κ2) is 4.09. The minimum absolute atomic E-state index is 0.287. The van der Waals surface area contributed by atoms with Crippen LogP contribution in [0, 0.1) is 5.41 Å². The fraction of sp³-hybridized carbons (Fsp3) is 0.500. The monoisotopic (exact) mass is 242 g/mol. The summed E-state index contributed by atoms with van der Waals surface area (Å²) in [6, 6.07) is 0. The summed E-state index contributed by atoms with van der Waals surface area (Å²) >= 11 is 3.50. The summed E-state index contributed by atoms with van der Waals surface area (Å²) in [6.45, 7) is 8.11. The summed E-state index contributed by atoms with van der Waals surface area (Å²) in [5, 5.41) is 5.14. The highest BCUT2D eigenvalue weighted by molar-refractivity contribution is 9.09. The molecule has 0 N–H and O–H groups in total. The topological polar surface area (TPSA) is 17.8 Å². The summed E-state index contributed by atoms with van der Waals surface area (Å²) in [5.74, 6) is 0. The third kappa shape index (κ3) is 2.99. The molecule has 0 aliphatic rings. The number of alkyl halides is 1. The lowest BCUT2D eigenvalue weighted by Crippen LogP contribution is -2.16. The van der Waals surface area contributed by atoms with Crippen molar-refractivity contribution in [1.82, 2.24) is 9.78 Å². The lowest BCUT2D eigenvalue weighted by atomic mass is 9.89. The molecule has 0 bridgehead atoms. The summed E-state index contributed by atoms with van der Waals surface area (Å²) in [7, 11) is 0. The number of hydrogen-bond donors (Lipinski definition) is 0. The normalized spacial score (nSPS) is 11.6. The third-order valence-corrected chi connectivity index (χ3v) is 3.40. The van der Waals surface area contributed by atoms with Gasteiger partial charge < -0.3 is 0 Å². The van der Waals surface area contributed by atoms with Crippen LogP contribution in [0.1, 0.15) is 19.4 Å². The first-order chi connectivity index (χ1) is 6.07. The van der Waals surface area contributed by atoms with Gasteiger partial charge in [0.15, 0.2) is 0 Å². The van der Waals surface area contributed by atoms with Crippen molar-refractivity contribution in [2.24, 2.45) is 5.41 Å². The van der Waals surface area contributed by atoms with Gasteiger partial charge in [-0.05, 0) is 17.4 Å². The van der Waals surface area contributed by atoms with Gasteiger partial charge in [-0.3, -0.25) is 0 Å². The molecule has 1 aromatic heterocycles. The molecule has 0 fully saturated rings. The molecule has 0 saturated carbocycles. The SMILES string of the molecule is C=Cn1cc(CC(C)(C)CBr)cn1. The van der Waals surface area contributed by atoms with Gasteiger partial charge >= 0.3 is 0 Å². The Morgan fingerprint density at radius 2 is 2.38 bits per heavy atom. The Bertz CT molecular complexity index is 289. The van der Waals surface area contributed by atoms with Gasteiger partial charge in [-0.2, -0.15) is 5.10 Å².